The Morgan fingerprint density at radius 1 is 1.54 bits per heavy atom. The summed E-state index contributed by atoms with van der Waals surface area (Å²) < 4.78 is 5.01. The van der Waals surface area contributed by atoms with Gasteiger partial charge in [0.1, 0.15) is 5.76 Å². The third kappa shape index (κ3) is 1.96. The van der Waals surface area contributed by atoms with E-state index in [1.54, 1.807) is 12.2 Å². The van der Waals surface area contributed by atoms with Crippen molar-refractivity contribution in [2.24, 2.45) is 0 Å². The van der Waals surface area contributed by atoms with Crippen LogP contribution in [0.15, 0.2) is 27.9 Å². The topological polar surface area (TPSA) is 30.2 Å². The van der Waals surface area contributed by atoms with Crippen LogP contribution in [0.1, 0.15) is 23.8 Å². The number of rotatable bonds is 2. The van der Waals surface area contributed by atoms with Gasteiger partial charge in [0.2, 0.25) is 0 Å². The van der Waals surface area contributed by atoms with Crippen LogP contribution in [0.3, 0.4) is 0 Å². The fraction of sp³-hybridized carbons (Fsp3) is 0.182. The van der Waals surface area contributed by atoms with Crippen LogP contribution in [-0.4, -0.2) is 0 Å². The lowest BCUT2D eigenvalue weighted by Crippen LogP contribution is -2.01. The first-order valence-corrected chi connectivity index (χ1v) is 4.09. The van der Waals surface area contributed by atoms with Gasteiger partial charge in [-0.1, -0.05) is 18.7 Å². The summed E-state index contributed by atoms with van der Waals surface area (Å²) in [7, 11) is 0. The molecule has 0 aliphatic rings. The van der Waals surface area contributed by atoms with Crippen molar-refractivity contribution in [2.75, 3.05) is 0 Å². The predicted octanol–water partition coefficient (Wildman–Crippen LogP) is 2.62. The fourth-order valence-corrected chi connectivity index (χ4v) is 1.18. The van der Waals surface area contributed by atoms with E-state index >= 15 is 0 Å². The first-order chi connectivity index (χ1) is 6.19. The van der Waals surface area contributed by atoms with E-state index < -0.39 is 0 Å². The molecule has 68 valence electrons. The lowest BCUT2D eigenvalue weighted by molar-refractivity contribution is 0.498. The molecule has 0 N–H and O–H groups in total. The van der Waals surface area contributed by atoms with E-state index in [0.717, 1.165) is 11.1 Å². The van der Waals surface area contributed by atoms with E-state index in [1.165, 1.54) is 6.07 Å². The maximum atomic E-state index is 11.0. The monoisotopic (exact) mass is 176 g/mol. The molecule has 1 heterocycles. The van der Waals surface area contributed by atoms with Crippen LogP contribution in [-0.2, 0) is 0 Å². The summed E-state index contributed by atoms with van der Waals surface area (Å²) in [5.41, 5.74) is 1.44. The van der Waals surface area contributed by atoms with Gasteiger partial charge in [-0.3, -0.25) is 0 Å². The van der Waals surface area contributed by atoms with E-state index in [-0.39, 0.29) is 5.63 Å². The van der Waals surface area contributed by atoms with Crippen molar-refractivity contribution in [3.63, 3.8) is 0 Å². The summed E-state index contributed by atoms with van der Waals surface area (Å²) in [6.45, 7) is 7.40. The molecule has 0 radical (unpaired) electrons. The second kappa shape index (κ2) is 3.90. The Kier molecular flexibility index (Phi) is 2.85. The van der Waals surface area contributed by atoms with Crippen LogP contribution in [0.5, 0.6) is 0 Å². The van der Waals surface area contributed by atoms with Crippen LogP contribution < -0.4 is 5.63 Å². The normalized spacial score (nSPS) is 10.6. The van der Waals surface area contributed by atoms with E-state index in [2.05, 4.69) is 6.58 Å². The smallest absolute Gasteiger partial charge is 0.336 e. The molecule has 0 spiro atoms. The van der Waals surface area contributed by atoms with Crippen molar-refractivity contribution in [2.45, 2.75) is 13.8 Å². The molecule has 0 saturated heterocycles. The first-order valence-electron chi connectivity index (χ1n) is 4.09. The van der Waals surface area contributed by atoms with Crippen molar-refractivity contribution in [3.05, 3.63) is 46.0 Å². The zero-order valence-electron chi connectivity index (χ0n) is 7.83. The number of aryl methyl sites for hydroxylation is 1. The lowest BCUT2D eigenvalue weighted by Gasteiger charge is -2.01. The molecule has 0 bridgehead atoms. The van der Waals surface area contributed by atoms with Gasteiger partial charge in [0.15, 0.2) is 0 Å². The number of allylic oxidation sites excluding steroid dienone is 1. The summed E-state index contributed by atoms with van der Waals surface area (Å²) in [5.74, 6) is 0.572. The predicted molar refractivity (Wildman–Crippen MR) is 54.5 cm³/mol. The van der Waals surface area contributed by atoms with Gasteiger partial charge in [0.25, 0.3) is 0 Å². The summed E-state index contributed by atoms with van der Waals surface area (Å²) in [5, 5.41) is 0. The molecular weight excluding hydrogens is 164 g/mol. The summed E-state index contributed by atoms with van der Waals surface area (Å²) in [6, 6.07) is 1.46. The third-order valence-electron chi connectivity index (χ3n) is 1.76. The van der Waals surface area contributed by atoms with Crippen molar-refractivity contribution in [1.29, 1.82) is 0 Å². The van der Waals surface area contributed by atoms with Crippen LogP contribution in [0.4, 0.5) is 0 Å². The molecule has 13 heavy (non-hydrogen) atoms. The van der Waals surface area contributed by atoms with E-state index in [0.29, 0.717) is 5.76 Å². The van der Waals surface area contributed by atoms with Gasteiger partial charge in [-0.2, -0.15) is 0 Å². The first kappa shape index (κ1) is 9.52. The average molecular weight is 176 g/mol. The van der Waals surface area contributed by atoms with Crippen LogP contribution in [0, 0.1) is 6.92 Å². The molecular formula is C11H12O2. The van der Waals surface area contributed by atoms with Crippen LogP contribution >= 0.6 is 0 Å². The molecule has 1 rings (SSSR count). The SMILES string of the molecule is C=Cc1c(C)cc(=O)oc1/C=C\C. The Hall–Kier alpha value is -1.57. The highest BCUT2D eigenvalue weighted by atomic mass is 16.4. The van der Waals surface area contributed by atoms with Gasteiger partial charge in [-0.05, 0) is 25.5 Å². The minimum absolute atomic E-state index is 0.323. The summed E-state index contributed by atoms with van der Waals surface area (Å²) in [6.07, 6.45) is 5.27. The maximum absolute atomic E-state index is 11.0. The molecule has 0 unspecified atom stereocenters. The minimum atomic E-state index is -0.323. The third-order valence-corrected chi connectivity index (χ3v) is 1.76. The Bertz CT molecular complexity index is 397. The maximum Gasteiger partial charge on any atom is 0.336 e. The Labute approximate surface area is 77.2 Å². The fourth-order valence-electron chi connectivity index (χ4n) is 1.18. The van der Waals surface area contributed by atoms with Crippen molar-refractivity contribution in [3.8, 4) is 0 Å². The van der Waals surface area contributed by atoms with Gasteiger partial charge < -0.3 is 4.42 Å². The average Bonchev–Trinajstić information content (AvgIpc) is 2.04. The van der Waals surface area contributed by atoms with Gasteiger partial charge >= 0.3 is 5.63 Å². The Morgan fingerprint density at radius 2 is 2.23 bits per heavy atom. The molecule has 0 saturated carbocycles. The second-order valence-corrected chi connectivity index (χ2v) is 2.73. The minimum Gasteiger partial charge on any atom is -0.423 e. The highest BCUT2D eigenvalue weighted by molar-refractivity contribution is 5.62. The number of hydrogen-bond donors (Lipinski definition) is 0. The molecule has 1 aromatic rings. The molecule has 0 atom stereocenters. The molecule has 0 fully saturated rings. The zero-order chi connectivity index (χ0) is 9.84. The molecule has 2 heteroatoms. The summed E-state index contributed by atoms with van der Waals surface area (Å²) >= 11 is 0. The van der Waals surface area contributed by atoms with Crippen molar-refractivity contribution >= 4 is 12.2 Å². The highest BCUT2D eigenvalue weighted by Crippen LogP contribution is 2.14. The Balaban J connectivity index is 3.46. The van der Waals surface area contributed by atoms with E-state index in [1.807, 2.05) is 19.9 Å². The van der Waals surface area contributed by atoms with Gasteiger partial charge in [-0.15, -0.1) is 0 Å². The van der Waals surface area contributed by atoms with Crippen molar-refractivity contribution in [1.82, 2.24) is 0 Å². The van der Waals surface area contributed by atoms with Gasteiger partial charge in [0, 0.05) is 11.6 Å². The van der Waals surface area contributed by atoms with Gasteiger partial charge in [-0.25, -0.2) is 4.79 Å². The molecule has 1 aromatic heterocycles. The molecule has 2 nitrogen and oxygen atoms in total. The summed E-state index contributed by atoms with van der Waals surface area (Å²) in [4.78, 5) is 11.0. The van der Waals surface area contributed by atoms with Crippen LogP contribution in [0.2, 0.25) is 0 Å². The largest absolute Gasteiger partial charge is 0.423 e. The molecule has 0 aliphatic heterocycles. The molecule has 0 aromatic carbocycles. The molecule has 0 amide bonds. The van der Waals surface area contributed by atoms with E-state index in [4.69, 9.17) is 4.42 Å². The van der Waals surface area contributed by atoms with Crippen molar-refractivity contribution < 1.29 is 4.42 Å². The zero-order valence-corrected chi connectivity index (χ0v) is 7.83. The second-order valence-electron chi connectivity index (χ2n) is 2.73. The highest BCUT2D eigenvalue weighted by Gasteiger charge is 2.03. The molecule has 0 aliphatic carbocycles. The quantitative estimate of drug-likeness (QED) is 0.693. The Morgan fingerprint density at radius 3 is 2.77 bits per heavy atom. The standard InChI is InChI=1S/C11H12O2/c1-4-6-10-9(5-2)8(3)7-11(12)13-10/h4-7H,2H2,1,3H3/b6-4-. The van der Waals surface area contributed by atoms with Crippen LogP contribution in [0.25, 0.3) is 12.2 Å². The lowest BCUT2D eigenvalue weighted by atomic mass is 10.1. The van der Waals surface area contributed by atoms with Gasteiger partial charge in [0.05, 0.1) is 0 Å². The number of hydrogen-bond acceptors (Lipinski definition) is 2. The van der Waals surface area contributed by atoms with E-state index in [9.17, 15) is 4.79 Å².